The predicted octanol–water partition coefficient (Wildman–Crippen LogP) is 0.845. The zero-order valence-corrected chi connectivity index (χ0v) is 18.0. The molecule has 2 aliphatic rings. The van der Waals surface area contributed by atoms with E-state index in [2.05, 4.69) is 20.4 Å². The molecule has 160 valence electrons. The summed E-state index contributed by atoms with van der Waals surface area (Å²) in [6, 6.07) is 9.57. The number of thiocarbonyl (C=S) groups is 1. The lowest BCUT2D eigenvalue weighted by atomic mass is 10.3. The number of carbonyl (C=O) groups is 1. The largest absolute Gasteiger partial charge is 0.379 e. The van der Waals surface area contributed by atoms with Gasteiger partial charge in [0.1, 0.15) is 0 Å². The first-order valence-electron chi connectivity index (χ1n) is 10.3. The molecule has 0 spiro atoms. The molecule has 3 heterocycles. The van der Waals surface area contributed by atoms with Crippen LogP contribution in [-0.2, 0) is 4.74 Å². The molecule has 0 saturated carbocycles. The van der Waals surface area contributed by atoms with Crippen LogP contribution in [0.5, 0.6) is 0 Å². The number of morpholine rings is 1. The quantitative estimate of drug-likeness (QED) is 0.701. The Labute approximate surface area is 181 Å². The van der Waals surface area contributed by atoms with Crippen LogP contribution in [0.2, 0.25) is 0 Å². The summed E-state index contributed by atoms with van der Waals surface area (Å²) < 4.78 is 5.38. The molecule has 1 N–H and O–H groups in total. The van der Waals surface area contributed by atoms with E-state index in [-0.39, 0.29) is 5.91 Å². The van der Waals surface area contributed by atoms with Gasteiger partial charge in [0.2, 0.25) is 0 Å². The molecule has 0 unspecified atom stereocenters. The van der Waals surface area contributed by atoms with E-state index in [1.807, 2.05) is 35.3 Å². The van der Waals surface area contributed by atoms with E-state index in [0.29, 0.717) is 29.6 Å². The SMILES string of the molecule is Cc1nn(-c2ccccc2)nc1C(=O)N1CCCN1C(=S)NCCN1CCOCC1. The predicted molar refractivity (Wildman–Crippen MR) is 116 cm³/mol. The lowest BCUT2D eigenvalue weighted by Crippen LogP contribution is -2.50. The third kappa shape index (κ3) is 4.61. The van der Waals surface area contributed by atoms with E-state index in [1.54, 1.807) is 11.9 Å². The molecule has 0 aliphatic carbocycles. The Bertz CT molecular complexity index is 883. The van der Waals surface area contributed by atoms with Gasteiger partial charge in [-0.3, -0.25) is 14.7 Å². The molecule has 9 nitrogen and oxygen atoms in total. The third-order valence-corrected chi connectivity index (χ3v) is 5.64. The molecule has 2 aliphatic heterocycles. The van der Waals surface area contributed by atoms with Gasteiger partial charge in [0, 0.05) is 39.3 Å². The standard InChI is InChI=1S/C20H27N7O2S/c1-16-18(23-27(22-16)17-6-3-2-4-7-17)19(28)25-9-5-10-26(25)20(30)21-8-11-24-12-14-29-15-13-24/h2-4,6-7H,5,8-15H2,1H3,(H,21,30). The van der Waals surface area contributed by atoms with Gasteiger partial charge in [-0.05, 0) is 37.7 Å². The molecule has 2 fully saturated rings. The summed E-state index contributed by atoms with van der Waals surface area (Å²) in [6.45, 7) is 8.21. The molecule has 10 heteroatoms. The van der Waals surface area contributed by atoms with Crippen molar-refractivity contribution in [3.63, 3.8) is 0 Å². The van der Waals surface area contributed by atoms with Crippen molar-refractivity contribution >= 4 is 23.2 Å². The number of carbonyl (C=O) groups excluding carboxylic acids is 1. The summed E-state index contributed by atoms with van der Waals surface area (Å²) in [5.74, 6) is -0.176. The lowest BCUT2D eigenvalue weighted by Gasteiger charge is -2.31. The highest BCUT2D eigenvalue weighted by Gasteiger charge is 2.32. The van der Waals surface area contributed by atoms with Gasteiger partial charge in [-0.2, -0.15) is 9.90 Å². The third-order valence-electron chi connectivity index (χ3n) is 5.28. The van der Waals surface area contributed by atoms with Crippen LogP contribution in [0.15, 0.2) is 30.3 Å². The second-order valence-electron chi connectivity index (χ2n) is 7.35. The second-order valence-corrected chi connectivity index (χ2v) is 7.74. The first-order valence-corrected chi connectivity index (χ1v) is 10.7. The van der Waals surface area contributed by atoms with Crippen molar-refractivity contribution in [3.8, 4) is 5.69 Å². The highest BCUT2D eigenvalue weighted by Crippen LogP contribution is 2.17. The van der Waals surface area contributed by atoms with E-state index in [4.69, 9.17) is 17.0 Å². The zero-order valence-electron chi connectivity index (χ0n) is 17.2. The maximum absolute atomic E-state index is 13.2. The number of hydrogen-bond donors (Lipinski definition) is 1. The molecule has 0 bridgehead atoms. The number of nitrogens with one attached hydrogen (secondary N) is 1. The number of amides is 1. The van der Waals surface area contributed by atoms with Crippen LogP contribution in [0.4, 0.5) is 0 Å². The fraction of sp³-hybridized carbons (Fsp3) is 0.500. The van der Waals surface area contributed by atoms with Crippen LogP contribution >= 0.6 is 12.2 Å². The Kier molecular flexibility index (Phi) is 6.56. The first-order chi connectivity index (χ1) is 14.6. The summed E-state index contributed by atoms with van der Waals surface area (Å²) in [6.07, 6.45) is 0.864. The number of hydrogen-bond acceptors (Lipinski definition) is 6. The normalized spacial score (nSPS) is 17.4. The molecule has 1 aromatic heterocycles. The molecule has 1 amide bonds. The Balaban J connectivity index is 1.38. The summed E-state index contributed by atoms with van der Waals surface area (Å²) in [4.78, 5) is 17.1. The van der Waals surface area contributed by atoms with Gasteiger partial charge >= 0.3 is 0 Å². The summed E-state index contributed by atoms with van der Waals surface area (Å²) in [7, 11) is 0. The molecule has 2 saturated heterocycles. The Morgan fingerprint density at radius 1 is 1.10 bits per heavy atom. The van der Waals surface area contributed by atoms with Gasteiger partial charge in [-0.25, -0.2) is 5.01 Å². The molecular weight excluding hydrogens is 402 g/mol. The number of hydrazine groups is 1. The number of benzene rings is 1. The first kappa shape index (κ1) is 20.7. The van der Waals surface area contributed by atoms with Crippen molar-refractivity contribution in [3.05, 3.63) is 41.7 Å². The highest BCUT2D eigenvalue weighted by atomic mass is 32.1. The van der Waals surface area contributed by atoms with Crippen LogP contribution < -0.4 is 5.32 Å². The van der Waals surface area contributed by atoms with Crippen LogP contribution in [-0.4, -0.2) is 93.4 Å². The summed E-state index contributed by atoms with van der Waals surface area (Å²) in [5, 5.41) is 16.3. The van der Waals surface area contributed by atoms with Gasteiger partial charge in [-0.15, -0.1) is 5.10 Å². The number of ether oxygens (including phenoxy) is 1. The average molecular weight is 430 g/mol. The zero-order chi connectivity index (χ0) is 20.9. The molecule has 0 radical (unpaired) electrons. The fourth-order valence-corrected chi connectivity index (χ4v) is 3.94. The van der Waals surface area contributed by atoms with E-state index in [0.717, 1.165) is 51.5 Å². The number of rotatable bonds is 5. The van der Waals surface area contributed by atoms with Crippen molar-refractivity contribution in [1.82, 2.24) is 35.2 Å². The van der Waals surface area contributed by atoms with Gasteiger partial charge in [0.05, 0.1) is 24.6 Å². The van der Waals surface area contributed by atoms with Crippen molar-refractivity contribution in [2.75, 3.05) is 52.5 Å². The minimum atomic E-state index is -0.176. The molecule has 4 rings (SSSR count). The Morgan fingerprint density at radius 3 is 2.60 bits per heavy atom. The highest BCUT2D eigenvalue weighted by molar-refractivity contribution is 7.80. The van der Waals surface area contributed by atoms with Crippen molar-refractivity contribution in [2.24, 2.45) is 0 Å². The topological polar surface area (TPSA) is 78.8 Å². The fourth-order valence-electron chi connectivity index (χ4n) is 3.65. The molecule has 1 aromatic carbocycles. The van der Waals surface area contributed by atoms with Gasteiger partial charge in [0.15, 0.2) is 10.8 Å². The van der Waals surface area contributed by atoms with E-state index in [1.165, 1.54) is 4.80 Å². The minimum Gasteiger partial charge on any atom is -0.379 e. The average Bonchev–Trinajstić information content (AvgIpc) is 3.42. The summed E-state index contributed by atoms with van der Waals surface area (Å²) >= 11 is 5.58. The molecule has 30 heavy (non-hydrogen) atoms. The van der Waals surface area contributed by atoms with Crippen LogP contribution in [0.3, 0.4) is 0 Å². The van der Waals surface area contributed by atoms with E-state index < -0.39 is 0 Å². The Hall–Kier alpha value is -2.56. The molecular formula is C20H27N7O2S. The Morgan fingerprint density at radius 2 is 1.83 bits per heavy atom. The number of nitrogens with zero attached hydrogens (tertiary/aromatic N) is 6. The van der Waals surface area contributed by atoms with Gasteiger partial charge in [0.25, 0.3) is 5.91 Å². The number of aryl methyl sites for hydroxylation is 1. The molecule has 2 aromatic rings. The van der Waals surface area contributed by atoms with Crippen LogP contribution in [0.1, 0.15) is 22.6 Å². The second kappa shape index (κ2) is 9.50. The number of aromatic nitrogens is 3. The molecule has 0 atom stereocenters. The van der Waals surface area contributed by atoms with Crippen LogP contribution in [0.25, 0.3) is 5.69 Å². The minimum absolute atomic E-state index is 0.176. The van der Waals surface area contributed by atoms with Crippen molar-refractivity contribution < 1.29 is 9.53 Å². The summed E-state index contributed by atoms with van der Waals surface area (Å²) in [5.41, 5.74) is 1.77. The van der Waals surface area contributed by atoms with Gasteiger partial charge < -0.3 is 10.1 Å². The number of para-hydroxylation sites is 1. The maximum Gasteiger partial charge on any atom is 0.294 e. The smallest absolute Gasteiger partial charge is 0.294 e. The monoisotopic (exact) mass is 429 g/mol. The van der Waals surface area contributed by atoms with Crippen molar-refractivity contribution in [2.45, 2.75) is 13.3 Å². The maximum atomic E-state index is 13.2. The van der Waals surface area contributed by atoms with Crippen molar-refractivity contribution in [1.29, 1.82) is 0 Å². The van der Waals surface area contributed by atoms with E-state index in [9.17, 15) is 4.79 Å². The van der Waals surface area contributed by atoms with Crippen LogP contribution in [0, 0.1) is 6.92 Å². The lowest BCUT2D eigenvalue weighted by molar-refractivity contribution is 0.0381. The van der Waals surface area contributed by atoms with Gasteiger partial charge in [-0.1, -0.05) is 18.2 Å². The van der Waals surface area contributed by atoms with E-state index >= 15 is 0 Å².